The molecule has 0 saturated heterocycles. The maximum Gasteiger partial charge on any atom is 0.260 e. The molecule has 0 aliphatic carbocycles. The van der Waals surface area contributed by atoms with E-state index in [9.17, 15) is 9.90 Å². The summed E-state index contributed by atoms with van der Waals surface area (Å²) in [5.74, 6) is 1.04. The maximum absolute atomic E-state index is 13.0. The van der Waals surface area contributed by atoms with E-state index in [0.29, 0.717) is 30.2 Å². The summed E-state index contributed by atoms with van der Waals surface area (Å²) < 4.78 is 5.05. The normalized spacial score (nSPS) is 12.9. The first-order valence-corrected chi connectivity index (χ1v) is 11.1. The third-order valence-corrected chi connectivity index (χ3v) is 6.01. The van der Waals surface area contributed by atoms with E-state index >= 15 is 0 Å². The minimum atomic E-state index is -0.581. The summed E-state index contributed by atoms with van der Waals surface area (Å²) in [4.78, 5) is 23.5. The number of ether oxygens (including phenoxy) is 1. The molecule has 162 valence electrons. The van der Waals surface area contributed by atoms with Gasteiger partial charge in [-0.05, 0) is 36.5 Å². The van der Waals surface area contributed by atoms with Crippen molar-refractivity contribution in [1.82, 2.24) is 14.9 Å². The van der Waals surface area contributed by atoms with Crippen molar-refractivity contribution in [3.63, 3.8) is 0 Å². The summed E-state index contributed by atoms with van der Waals surface area (Å²) in [6.07, 6.45) is -0.581. The first kappa shape index (κ1) is 22.6. The number of benzene rings is 1. The molecular weight excluding hydrogens is 398 g/mol. The largest absolute Gasteiger partial charge is 0.389 e. The summed E-state index contributed by atoms with van der Waals surface area (Å²) in [5.41, 5.74) is 4.27. The van der Waals surface area contributed by atoms with Crippen molar-refractivity contribution in [3.05, 3.63) is 50.9 Å². The van der Waals surface area contributed by atoms with Crippen LogP contribution in [0.4, 0.5) is 0 Å². The first-order valence-electron chi connectivity index (χ1n) is 10.3. The predicted molar refractivity (Wildman–Crippen MR) is 123 cm³/mol. The van der Waals surface area contributed by atoms with Crippen LogP contribution in [0.1, 0.15) is 30.8 Å². The number of aromatic amines is 1. The van der Waals surface area contributed by atoms with Crippen molar-refractivity contribution in [3.8, 4) is 11.1 Å². The second kappa shape index (κ2) is 9.83. The molecule has 3 rings (SSSR count). The van der Waals surface area contributed by atoms with Gasteiger partial charge in [0.15, 0.2) is 0 Å². The molecule has 0 amide bonds. The molecule has 0 radical (unpaired) electrons. The fourth-order valence-corrected chi connectivity index (χ4v) is 4.63. The molecule has 6 nitrogen and oxygen atoms in total. The average Bonchev–Trinajstić information content (AvgIpc) is 3.08. The van der Waals surface area contributed by atoms with Crippen LogP contribution in [0.25, 0.3) is 21.3 Å². The molecule has 0 spiro atoms. The Kier molecular flexibility index (Phi) is 7.41. The Hall–Kier alpha value is -2.06. The molecular formula is C23H31N3O3S. The number of aliphatic hydroxyl groups is 1. The molecule has 3 aromatic rings. The van der Waals surface area contributed by atoms with Crippen molar-refractivity contribution in [2.75, 3.05) is 26.8 Å². The van der Waals surface area contributed by atoms with E-state index in [2.05, 4.69) is 55.8 Å². The monoisotopic (exact) mass is 429 g/mol. The lowest BCUT2D eigenvalue weighted by Crippen LogP contribution is -2.37. The Balaban J connectivity index is 1.90. The summed E-state index contributed by atoms with van der Waals surface area (Å²) in [7, 11) is 1.58. The number of fused-ring (bicyclic) bond motifs is 1. The summed E-state index contributed by atoms with van der Waals surface area (Å²) in [6, 6.07) is 6.25. The van der Waals surface area contributed by atoms with Gasteiger partial charge in [0.1, 0.15) is 10.7 Å². The van der Waals surface area contributed by atoms with E-state index in [1.165, 1.54) is 22.5 Å². The molecule has 2 heterocycles. The third kappa shape index (κ3) is 5.35. The van der Waals surface area contributed by atoms with Gasteiger partial charge in [0.25, 0.3) is 5.56 Å². The maximum atomic E-state index is 13.0. The highest BCUT2D eigenvalue weighted by atomic mass is 32.1. The molecule has 0 fully saturated rings. The standard InChI is InChI=1S/C23H31N3O3S/c1-14(2)9-26(10-18(27)12-29-5)11-20-24-22(28)21-19(13-30-23(21)25-20)17-7-6-15(3)16(4)8-17/h6-8,13-14,18,27H,9-12H2,1-5H3,(H,24,25,28). The van der Waals surface area contributed by atoms with E-state index in [1.807, 2.05) is 5.38 Å². The van der Waals surface area contributed by atoms with E-state index in [-0.39, 0.29) is 12.2 Å². The van der Waals surface area contributed by atoms with Gasteiger partial charge in [0, 0.05) is 31.1 Å². The van der Waals surface area contributed by atoms with Gasteiger partial charge < -0.3 is 14.8 Å². The second-order valence-corrected chi connectivity index (χ2v) is 9.20. The van der Waals surface area contributed by atoms with Crippen molar-refractivity contribution < 1.29 is 9.84 Å². The SMILES string of the molecule is COCC(O)CN(Cc1nc2scc(-c3ccc(C)c(C)c3)c2c(=O)[nH]1)CC(C)C. The van der Waals surface area contributed by atoms with Gasteiger partial charge in [-0.1, -0.05) is 32.0 Å². The van der Waals surface area contributed by atoms with Crippen LogP contribution in [0.5, 0.6) is 0 Å². The highest BCUT2D eigenvalue weighted by Crippen LogP contribution is 2.31. The third-order valence-electron chi connectivity index (χ3n) is 5.14. The lowest BCUT2D eigenvalue weighted by atomic mass is 10.0. The number of H-pyrrole nitrogens is 1. The molecule has 0 saturated carbocycles. The highest BCUT2D eigenvalue weighted by Gasteiger charge is 2.17. The smallest absolute Gasteiger partial charge is 0.260 e. The zero-order valence-corrected chi connectivity index (χ0v) is 19.2. The van der Waals surface area contributed by atoms with Gasteiger partial charge in [0.05, 0.1) is 24.6 Å². The fraction of sp³-hybridized carbons (Fsp3) is 0.478. The first-order chi connectivity index (χ1) is 14.3. The molecule has 1 aromatic carbocycles. The Bertz CT molecular complexity index is 1060. The number of hydrogen-bond acceptors (Lipinski definition) is 6. The van der Waals surface area contributed by atoms with E-state index in [1.54, 1.807) is 7.11 Å². The number of thiophene rings is 1. The van der Waals surface area contributed by atoms with Crippen LogP contribution in [0.2, 0.25) is 0 Å². The van der Waals surface area contributed by atoms with Crippen LogP contribution in [-0.4, -0.2) is 52.9 Å². The van der Waals surface area contributed by atoms with E-state index < -0.39 is 6.10 Å². The number of nitrogens with one attached hydrogen (secondary N) is 1. The van der Waals surface area contributed by atoms with Crippen LogP contribution >= 0.6 is 11.3 Å². The number of methoxy groups -OCH3 is 1. The summed E-state index contributed by atoms with van der Waals surface area (Å²) in [5, 5.41) is 12.8. The van der Waals surface area contributed by atoms with Gasteiger partial charge in [-0.3, -0.25) is 9.69 Å². The zero-order valence-electron chi connectivity index (χ0n) is 18.4. The molecule has 2 N–H and O–H groups in total. The Labute approximate surface area is 181 Å². The highest BCUT2D eigenvalue weighted by molar-refractivity contribution is 7.17. The van der Waals surface area contributed by atoms with Crippen LogP contribution in [0.15, 0.2) is 28.4 Å². The van der Waals surface area contributed by atoms with Crippen LogP contribution in [0.3, 0.4) is 0 Å². The summed E-state index contributed by atoms with van der Waals surface area (Å²) in [6.45, 7) is 10.4. The predicted octanol–water partition coefficient (Wildman–Crippen LogP) is 3.73. The molecule has 30 heavy (non-hydrogen) atoms. The topological polar surface area (TPSA) is 78.5 Å². The average molecular weight is 430 g/mol. The van der Waals surface area contributed by atoms with E-state index in [0.717, 1.165) is 22.5 Å². The molecule has 0 bridgehead atoms. The van der Waals surface area contributed by atoms with Crippen molar-refractivity contribution >= 4 is 21.6 Å². The minimum absolute atomic E-state index is 0.119. The minimum Gasteiger partial charge on any atom is -0.389 e. The van der Waals surface area contributed by atoms with Gasteiger partial charge in [-0.25, -0.2) is 4.98 Å². The molecule has 2 aromatic heterocycles. The lowest BCUT2D eigenvalue weighted by Gasteiger charge is -2.26. The summed E-state index contributed by atoms with van der Waals surface area (Å²) >= 11 is 1.49. The van der Waals surface area contributed by atoms with Gasteiger partial charge >= 0.3 is 0 Å². The molecule has 0 aliphatic heterocycles. The second-order valence-electron chi connectivity index (χ2n) is 8.34. The van der Waals surface area contributed by atoms with Crippen molar-refractivity contribution in [1.29, 1.82) is 0 Å². The lowest BCUT2D eigenvalue weighted by molar-refractivity contribution is 0.0325. The van der Waals surface area contributed by atoms with Crippen LogP contribution < -0.4 is 5.56 Å². The molecule has 7 heteroatoms. The molecule has 1 atom stereocenters. The Morgan fingerprint density at radius 3 is 2.67 bits per heavy atom. The van der Waals surface area contributed by atoms with E-state index in [4.69, 9.17) is 9.72 Å². The van der Waals surface area contributed by atoms with Crippen molar-refractivity contribution in [2.24, 2.45) is 5.92 Å². The number of aliphatic hydroxyl groups excluding tert-OH is 1. The number of hydrogen-bond donors (Lipinski definition) is 2. The fourth-order valence-electron chi connectivity index (χ4n) is 3.66. The number of aryl methyl sites for hydroxylation is 2. The number of nitrogens with zero attached hydrogens (tertiary/aromatic N) is 2. The van der Waals surface area contributed by atoms with Crippen molar-refractivity contribution in [2.45, 2.75) is 40.3 Å². The van der Waals surface area contributed by atoms with Gasteiger partial charge in [-0.15, -0.1) is 11.3 Å². The number of aromatic nitrogens is 2. The van der Waals surface area contributed by atoms with Crippen LogP contribution in [-0.2, 0) is 11.3 Å². The van der Waals surface area contributed by atoms with Gasteiger partial charge in [-0.2, -0.15) is 0 Å². The zero-order chi connectivity index (χ0) is 21.8. The molecule has 1 unspecified atom stereocenters. The Morgan fingerprint density at radius 1 is 1.23 bits per heavy atom. The molecule has 0 aliphatic rings. The van der Waals surface area contributed by atoms with Gasteiger partial charge in [0.2, 0.25) is 0 Å². The van der Waals surface area contributed by atoms with Crippen LogP contribution in [0, 0.1) is 19.8 Å². The number of rotatable bonds is 9. The quantitative estimate of drug-likeness (QED) is 0.542. The Morgan fingerprint density at radius 2 is 2.00 bits per heavy atom.